The Morgan fingerprint density at radius 3 is 2.50 bits per heavy atom. The van der Waals surface area contributed by atoms with E-state index in [0.29, 0.717) is 18.4 Å². The highest BCUT2D eigenvalue weighted by atomic mass is 32.2. The Bertz CT molecular complexity index is 982. The predicted octanol–water partition coefficient (Wildman–Crippen LogP) is 6.90. The normalized spacial score (nSPS) is 24.0. The van der Waals surface area contributed by atoms with Gasteiger partial charge in [-0.3, -0.25) is 9.69 Å². The van der Waals surface area contributed by atoms with E-state index in [-0.39, 0.29) is 11.9 Å². The van der Waals surface area contributed by atoms with Crippen LogP contribution in [0.3, 0.4) is 0 Å². The summed E-state index contributed by atoms with van der Waals surface area (Å²) in [6, 6.07) is 18.1. The number of rotatable bonds is 6. The maximum absolute atomic E-state index is 13.5. The zero-order valence-corrected chi connectivity index (χ0v) is 20.0. The van der Waals surface area contributed by atoms with Crippen LogP contribution in [-0.4, -0.2) is 28.6 Å². The number of aliphatic imine (C=N–C) groups is 1. The van der Waals surface area contributed by atoms with E-state index < -0.39 is 0 Å². The monoisotopic (exact) mass is 448 g/mol. The fraction of sp³-hybridized carbons (Fsp3) is 0.407. The van der Waals surface area contributed by atoms with E-state index in [0.717, 1.165) is 39.9 Å². The van der Waals surface area contributed by atoms with Crippen molar-refractivity contribution in [3.05, 3.63) is 65.1 Å². The molecule has 0 radical (unpaired) electrons. The molecule has 2 aliphatic rings. The molecule has 0 bridgehead atoms. The van der Waals surface area contributed by atoms with Crippen molar-refractivity contribution in [2.24, 2.45) is 16.8 Å². The van der Waals surface area contributed by atoms with Crippen molar-refractivity contribution in [1.29, 1.82) is 0 Å². The molecule has 0 N–H and O–H groups in total. The van der Waals surface area contributed by atoms with E-state index in [4.69, 9.17) is 9.73 Å². The Morgan fingerprint density at radius 2 is 1.81 bits per heavy atom. The first kappa shape index (κ1) is 22.7. The maximum Gasteiger partial charge on any atom is 0.267 e. The third-order valence-electron chi connectivity index (χ3n) is 5.98. The molecule has 0 unspecified atom stereocenters. The second kappa shape index (κ2) is 10.4. The van der Waals surface area contributed by atoms with Crippen LogP contribution in [0.15, 0.2) is 64.5 Å². The number of nitrogens with zero attached hydrogens (tertiary/aromatic N) is 2. The minimum atomic E-state index is 0.0727. The first-order valence-corrected chi connectivity index (χ1v) is 12.4. The van der Waals surface area contributed by atoms with Crippen LogP contribution in [0.25, 0.3) is 6.08 Å². The van der Waals surface area contributed by atoms with Crippen LogP contribution in [0.1, 0.15) is 52.0 Å². The van der Waals surface area contributed by atoms with Crippen molar-refractivity contribution in [1.82, 2.24) is 4.90 Å². The highest BCUT2D eigenvalue weighted by Crippen LogP contribution is 2.40. The molecule has 0 spiro atoms. The zero-order chi connectivity index (χ0) is 22.5. The summed E-state index contributed by atoms with van der Waals surface area (Å²) in [5.41, 5.74) is 1.87. The van der Waals surface area contributed by atoms with Gasteiger partial charge in [0.2, 0.25) is 0 Å². The Kier molecular flexibility index (Phi) is 7.36. The number of hydrogen-bond acceptors (Lipinski definition) is 4. The Morgan fingerprint density at radius 1 is 1.09 bits per heavy atom. The quantitative estimate of drug-likeness (QED) is 0.451. The Hall–Kier alpha value is -2.53. The molecule has 0 aromatic heterocycles. The first-order chi connectivity index (χ1) is 15.5. The van der Waals surface area contributed by atoms with E-state index in [1.807, 2.05) is 65.6 Å². The Balaban J connectivity index is 1.60. The molecular formula is C27H32N2O2S. The lowest BCUT2D eigenvalue weighted by molar-refractivity contribution is -0.124. The van der Waals surface area contributed by atoms with E-state index in [9.17, 15) is 4.79 Å². The lowest BCUT2D eigenvalue weighted by Gasteiger charge is -2.35. The van der Waals surface area contributed by atoms with Gasteiger partial charge >= 0.3 is 0 Å². The summed E-state index contributed by atoms with van der Waals surface area (Å²) in [4.78, 5) is 21.1. The van der Waals surface area contributed by atoms with Gasteiger partial charge in [0.05, 0.1) is 17.2 Å². The number of amidine groups is 1. The maximum atomic E-state index is 13.5. The third kappa shape index (κ3) is 5.44. The number of ether oxygens (including phenoxy) is 1. The molecule has 2 aromatic rings. The number of hydrogen-bond donors (Lipinski definition) is 0. The number of benzene rings is 2. The van der Waals surface area contributed by atoms with Gasteiger partial charge in [-0.15, -0.1) is 0 Å². The van der Waals surface area contributed by atoms with Crippen LogP contribution in [-0.2, 0) is 4.79 Å². The molecule has 2 fully saturated rings. The summed E-state index contributed by atoms with van der Waals surface area (Å²) in [6.45, 7) is 7.23. The molecular weight excluding hydrogens is 416 g/mol. The molecule has 5 heteroatoms. The Labute approximate surface area is 195 Å². The van der Waals surface area contributed by atoms with E-state index in [1.165, 1.54) is 24.6 Å². The largest absolute Gasteiger partial charge is 0.493 e. The van der Waals surface area contributed by atoms with Crippen LogP contribution in [0, 0.1) is 11.8 Å². The minimum Gasteiger partial charge on any atom is -0.493 e. The van der Waals surface area contributed by atoms with Gasteiger partial charge in [-0.1, -0.05) is 63.9 Å². The van der Waals surface area contributed by atoms with E-state index >= 15 is 0 Å². The topological polar surface area (TPSA) is 41.9 Å². The smallest absolute Gasteiger partial charge is 0.267 e. The fourth-order valence-corrected chi connectivity index (χ4v) is 5.27. The fourth-order valence-electron chi connectivity index (χ4n) is 4.22. The summed E-state index contributed by atoms with van der Waals surface area (Å²) in [5.74, 6) is 1.89. The minimum absolute atomic E-state index is 0.0727. The van der Waals surface area contributed by atoms with Gasteiger partial charge in [-0.25, -0.2) is 4.99 Å². The predicted molar refractivity (Wildman–Crippen MR) is 134 cm³/mol. The van der Waals surface area contributed by atoms with Crippen LogP contribution in [0.4, 0.5) is 5.69 Å². The van der Waals surface area contributed by atoms with Crippen molar-refractivity contribution in [2.75, 3.05) is 6.61 Å². The number of carbonyl (C=O) groups excluding carboxylic acids is 1. The zero-order valence-electron chi connectivity index (χ0n) is 19.2. The SMILES string of the molecule is CC(C)COc1ccc(/C=C2\SC(=Nc3ccccc3)N([C@H]3CCCC[C@H]3C)C2=O)cc1. The van der Waals surface area contributed by atoms with Crippen molar-refractivity contribution < 1.29 is 9.53 Å². The van der Waals surface area contributed by atoms with Crippen LogP contribution >= 0.6 is 11.8 Å². The van der Waals surface area contributed by atoms with Gasteiger partial charge in [-0.2, -0.15) is 0 Å². The van der Waals surface area contributed by atoms with Crippen LogP contribution in [0.5, 0.6) is 5.75 Å². The molecule has 2 atom stereocenters. The average molecular weight is 449 g/mol. The number of carbonyl (C=O) groups is 1. The van der Waals surface area contributed by atoms with E-state index in [1.54, 1.807) is 0 Å². The summed E-state index contributed by atoms with van der Waals surface area (Å²) >= 11 is 1.49. The average Bonchev–Trinajstić information content (AvgIpc) is 3.08. The molecule has 1 saturated carbocycles. The van der Waals surface area contributed by atoms with Gasteiger partial charge in [0.25, 0.3) is 5.91 Å². The number of thioether (sulfide) groups is 1. The summed E-state index contributed by atoms with van der Waals surface area (Å²) in [7, 11) is 0. The van der Waals surface area contributed by atoms with Crippen molar-refractivity contribution >= 4 is 34.6 Å². The molecule has 1 aliphatic carbocycles. The molecule has 32 heavy (non-hydrogen) atoms. The number of amides is 1. The first-order valence-electron chi connectivity index (χ1n) is 11.6. The van der Waals surface area contributed by atoms with Gasteiger partial charge in [-0.05, 0) is 72.3 Å². The standard InChI is InChI=1S/C27H32N2O2S/c1-19(2)18-31-23-15-13-21(14-16-23)17-25-26(30)29(24-12-8-7-9-20(24)3)27(32-25)28-22-10-5-4-6-11-22/h4-6,10-11,13-17,19-20,24H,7-9,12,18H2,1-3H3/b25-17-,28-27?/t20-,24+/m1/s1. The molecule has 1 amide bonds. The third-order valence-corrected chi connectivity index (χ3v) is 6.96. The van der Waals surface area contributed by atoms with Gasteiger partial charge in [0, 0.05) is 6.04 Å². The molecule has 4 rings (SSSR count). The van der Waals surface area contributed by atoms with Gasteiger partial charge in [0.15, 0.2) is 5.17 Å². The van der Waals surface area contributed by atoms with Crippen molar-refractivity contribution in [3.8, 4) is 5.75 Å². The highest BCUT2D eigenvalue weighted by molar-refractivity contribution is 8.18. The summed E-state index contributed by atoms with van der Waals surface area (Å²) in [5, 5.41) is 0.795. The summed E-state index contributed by atoms with van der Waals surface area (Å²) < 4.78 is 5.78. The highest BCUT2D eigenvalue weighted by Gasteiger charge is 2.41. The van der Waals surface area contributed by atoms with Crippen molar-refractivity contribution in [2.45, 2.75) is 52.5 Å². The molecule has 2 aromatic carbocycles. The lowest BCUT2D eigenvalue weighted by atomic mass is 9.85. The van der Waals surface area contributed by atoms with Crippen molar-refractivity contribution in [3.63, 3.8) is 0 Å². The molecule has 1 saturated heterocycles. The molecule has 168 valence electrons. The molecule has 4 nitrogen and oxygen atoms in total. The van der Waals surface area contributed by atoms with Gasteiger partial charge in [0.1, 0.15) is 5.75 Å². The second-order valence-corrected chi connectivity index (χ2v) is 10.1. The lowest BCUT2D eigenvalue weighted by Crippen LogP contribution is -2.44. The summed E-state index contributed by atoms with van der Waals surface area (Å²) in [6.07, 6.45) is 6.59. The second-order valence-electron chi connectivity index (χ2n) is 9.12. The molecule has 1 aliphatic heterocycles. The van der Waals surface area contributed by atoms with Gasteiger partial charge < -0.3 is 4.74 Å². The van der Waals surface area contributed by atoms with Crippen LogP contribution in [0.2, 0.25) is 0 Å². The molecule has 1 heterocycles. The van der Waals surface area contributed by atoms with E-state index in [2.05, 4.69) is 20.8 Å². The number of para-hydroxylation sites is 1. The van der Waals surface area contributed by atoms with Crippen LogP contribution < -0.4 is 4.74 Å².